The van der Waals surface area contributed by atoms with Gasteiger partial charge in [0, 0.05) is 23.9 Å². The molecule has 3 N–H and O–H groups in total. The van der Waals surface area contributed by atoms with E-state index in [2.05, 4.69) is 15.6 Å². The number of anilines is 1. The summed E-state index contributed by atoms with van der Waals surface area (Å²) in [5.41, 5.74) is 0.983. The fourth-order valence-corrected chi connectivity index (χ4v) is 2.63. The second kappa shape index (κ2) is 5.97. The molecule has 0 aliphatic heterocycles. The van der Waals surface area contributed by atoms with Crippen molar-refractivity contribution >= 4 is 22.5 Å². The number of nitrogens with one attached hydrogen (secondary N) is 2. The first-order valence-electron chi connectivity index (χ1n) is 6.02. The first-order chi connectivity index (χ1) is 8.71. The Bertz CT molecular complexity index is 444. The average molecular weight is 267 g/mol. The molecule has 1 aromatic heterocycles. The SMILES string of the molecule is CCc1csc(NC(=O)N[C@@H]2C=C[C@H](CO)C2)n1. The average Bonchev–Trinajstić information content (AvgIpc) is 2.98. The first kappa shape index (κ1) is 13.0. The molecule has 1 aliphatic rings. The van der Waals surface area contributed by atoms with Gasteiger partial charge in [0.2, 0.25) is 0 Å². The molecule has 0 radical (unpaired) electrons. The van der Waals surface area contributed by atoms with Crippen molar-refractivity contribution in [1.82, 2.24) is 10.3 Å². The minimum atomic E-state index is -0.250. The largest absolute Gasteiger partial charge is 0.396 e. The summed E-state index contributed by atoms with van der Waals surface area (Å²) in [5, 5.41) is 17.1. The van der Waals surface area contributed by atoms with E-state index in [1.807, 2.05) is 24.5 Å². The monoisotopic (exact) mass is 267 g/mol. The molecule has 0 fully saturated rings. The minimum absolute atomic E-state index is 0.00671. The van der Waals surface area contributed by atoms with Gasteiger partial charge in [0.05, 0.1) is 5.69 Å². The first-order valence-corrected chi connectivity index (χ1v) is 6.90. The van der Waals surface area contributed by atoms with Crippen molar-refractivity contribution in [1.29, 1.82) is 0 Å². The lowest BCUT2D eigenvalue weighted by molar-refractivity contribution is 0.238. The van der Waals surface area contributed by atoms with Gasteiger partial charge in [0.25, 0.3) is 0 Å². The van der Waals surface area contributed by atoms with Crippen LogP contribution in [0.15, 0.2) is 17.5 Å². The Morgan fingerprint density at radius 1 is 1.61 bits per heavy atom. The molecule has 1 aliphatic carbocycles. The van der Waals surface area contributed by atoms with E-state index in [1.165, 1.54) is 11.3 Å². The number of amides is 2. The third kappa shape index (κ3) is 3.30. The van der Waals surface area contributed by atoms with E-state index in [9.17, 15) is 4.79 Å². The number of carbonyl (C=O) groups excluding carboxylic acids is 1. The summed E-state index contributed by atoms with van der Waals surface area (Å²) in [6, 6.07) is -0.256. The summed E-state index contributed by atoms with van der Waals surface area (Å²) in [4.78, 5) is 16.0. The van der Waals surface area contributed by atoms with Gasteiger partial charge in [-0.2, -0.15) is 0 Å². The van der Waals surface area contributed by atoms with Crippen LogP contribution in [0.2, 0.25) is 0 Å². The number of nitrogens with zero attached hydrogens (tertiary/aromatic N) is 1. The number of aromatic nitrogens is 1. The molecular formula is C12H17N3O2S. The standard InChI is InChI=1S/C12H17N3O2S/c1-2-9-7-18-12(14-9)15-11(17)13-10-4-3-8(5-10)6-16/h3-4,7-8,10,16H,2,5-6H2,1H3,(H2,13,14,15,17)/t8-,10+/m0/s1. The van der Waals surface area contributed by atoms with E-state index in [4.69, 9.17) is 5.11 Å². The number of thiazole rings is 1. The maximum atomic E-state index is 11.7. The number of hydrogen-bond acceptors (Lipinski definition) is 4. The van der Waals surface area contributed by atoms with E-state index in [-0.39, 0.29) is 24.6 Å². The predicted molar refractivity (Wildman–Crippen MR) is 71.8 cm³/mol. The molecule has 2 atom stereocenters. The normalized spacial score (nSPS) is 22.1. The number of aliphatic hydroxyl groups excluding tert-OH is 1. The number of urea groups is 1. The van der Waals surface area contributed by atoms with Gasteiger partial charge in [-0.3, -0.25) is 5.32 Å². The van der Waals surface area contributed by atoms with Crippen molar-refractivity contribution in [3.8, 4) is 0 Å². The highest BCUT2D eigenvalue weighted by molar-refractivity contribution is 7.13. The summed E-state index contributed by atoms with van der Waals surface area (Å²) >= 11 is 1.42. The number of hydrogen-bond donors (Lipinski definition) is 3. The maximum Gasteiger partial charge on any atom is 0.321 e. The van der Waals surface area contributed by atoms with E-state index >= 15 is 0 Å². The summed E-state index contributed by atoms with van der Waals surface area (Å²) in [6.45, 7) is 2.15. The zero-order chi connectivity index (χ0) is 13.0. The Morgan fingerprint density at radius 3 is 3.06 bits per heavy atom. The molecule has 2 rings (SSSR count). The predicted octanol–water partition coefficient (Wildman–Crippen LogP) is 1.76. The lowest BCUT2D eigenvalue weighted by Crippen LogP contribution is -2.36. The lowest BCUT2D eigenvalue weighted by Gasteiger charge is -2.12. The Balaban J connectivity index is 1.80. The van der Waals surface area contributed by atoms with E-state index in [0.717, 1.165) is 18.5 Å². The highest BCUT2D eigenvalue weighted by atomic mass is 32.1. The van der Waals surface area contributed by atoms with Gasteiger partial charge in [-0.05, 0) is 12.8 Å². The molecule has 6 heteroatoms. The van der Waals surface area contributed by atoms with Gasteiger partial charge in [-0.1, -0.05) is 19.1 Å². The van der Waals surface area contributed by atoms with E-state index in [1.54, 1.807) is 0 Å². The summed E-state index contributed by atoms with van der Waals surface area (Å²) in [6.07, 6.45) is 5.47. The van der Waals surface area contributed by atoms with Gasteiger partial charge in [-0.15, -0.1) is 11.3 Å². The van der Waals surface area contributed by atoms with Crippen molar-refractivity contribution in [3.05, 3.63) is 23.2 Å². The van der Waals surface area contributed by atoms with Crippen LogP contribution < -0.4 is 10.6 Å². The Kier molecular flexibility index (Phi) is 4.33. The maximum absolute atomic E-state index is 11.7. The van der Waals surface area contributed by atoms with Crippen molar-refractivity contribution in [2.45, 2.75) is 25.8 Å². The van der Waals surface area contributed by atoms with Crippen LogP contribution in [-0.4, -0.2) is 28.8 Å². The topological polar surface area (TPSA) is 74.2 Å². The van der Waals surface area contributed by atoms with Crippen LogP contribution in [0, 0.1) is 5.92 Å². The molecule has 1 heterocycles. The van der Waals surface area contributed by atoms with Gasteiger partial charge >= 0.3 is 6.03 Å². The van der Waals surface area contributed by atoms with Crippen LogP contribution in [0.5, 0.6) is 0 Å². The molecule has 0 unspecified atom stereocenters. The lowest BCUT2D eigenvalue weighted by atomic mass is 10.1. The number of aliphatic hydroxyl groups is 1. The van der Waals surface area contributed by atoms with E-state index < -0.39 is 0 Å². The fraction of sp³-hybridized carbons (Fsp3) is 0.500. The van der Waals surface area contributed by atoms with Crippen molar-refractivity contribution in [2.75, 3.05) is 11.9 Å². The third-order valence-electron chi connectivity index (χ3n) is 2.86. The van der Waals surface area contributed by atoms with E-state index in [0.29, 0.717) is 5.13 Å². The zero-order valence-corrected chi connectivity index (χ0v) is 11.0. The molecule has 1 aromatic rings. The zero-order valence-electron chi connectivity index (χ0n) is 10.2. The molecule has 98 valence electrons. The van der Waals surface area contributed by atoms with Gasteiger partial charge in [0.15, 0.2) is 5.13 Å². The Hall–Kier alpha value is -1.40. The van der Waals surface area contributed by atoms with Gasteiger partial charge in [0.1, 0.15) is 0 Å². The molecule has 18 heavy (non-hydrogen) atoms. The number of rotatable bonds is 4. The van der Waals surface area contributed by atoms with Crippen LogP contribution in [-0.2, 0) is 6.42 Å². The highest BCUT2D eigenvalue weighted by Gasteiger charge is 2.19. The van der Waals surface area contributed by atoms with Crippen LogP contribution in [0.1, 0.15) is 19.0 Å². The molecular weight excluding hydrogens is 250 g/mol. The van der Waals surface area contributed by atoms with Gasteiger partial charge in [-0.25, -0.2) is 9.78 Å². The summed E-state index contributed by atoms with van der Waals surface area (Å²) < 4.78 is 0. The summed E-state index contributed by atoms with van der Waals surface area (Å²) in [7, 11) is 0. The Labute approximate surface area is 110 Å². The van der Waals surface area contributed by atoms with Crippen molar-refractivity contribution < 1.29 is 9.90 Å². The number of carbonyl (C=O) groups is 1. The number of aryl methyl sites for hydroxylation is 1. The molecule has 2 amide bonds. The quantitative estimate of drug-likeness (QED) is 0.728. The second-order valence-electron chi connectivity index (χ2n) is 4.27. The molecule has 0 spiro atoms. The molecule has 0 saturated heterocycles. The molecule has 5 nitrogen and oxygen atoms in total. The van der Waals surface area contributed by atoms with Crippen LogP contribution >= 0.6 is 11.3 Å². The van der Waals surface area contributed by atoms with Crippen molar-refractivity contribution in [3.63, 3.8) is 0 Å². The Morgan fingerprint density at radius 2 is 2.44 bits per heavy atom. The molecule has 0 bridgehead atoms. The van der Waals surface area contributed by atoms with Crippen molar-refractivity contribution in [2.24, 2.45) is 5.92 Å². The second-order valence-corrected chi connectivity index (χ2v) is 5.12. The molecule has 0 aromatic carbocycles. The highest BCUT2D eigenvalue weighted by Crippen LogP contribution is 2.18. The van der Waals surface area contributed by atoms with Crippen LogP contribution in [0.3, 0.4) is 0 Å². The third-order valence-corrected chi connectivity index (χ3v) is 3.66. The van der Waals surface area contributed by atoms with Crippen LogP contribution in [0.25, 0.3) is 0 Å². The fourth-order valence-electron chi connectivity index (χ4n) is 1.85. The minimum Gasteiger partial charge on any atom is -0.396 e. The summed E-state index contributed by atoms with van der Waals surface area (Å²) in [5.74, 6) is 0.154. The van der Waals surface area contributed by atoms with Crippen LogP contribution in [0.4, 0.5) is 9.93 Å². The van der Waals surface area contributed by atoms with Gasteiger partial charge < -0.3 is 10.4 Å². The smallest absolute Gasteiger partial charge is 0.321 e. The molecule has 0 saturated carbocycles.